The van der Waals surface area contributed by atoms with E-state index < -0.39 is 0 Å². The number of nitrogens with one attached hydrogen (secondary N) is 1. The molecule has 122 valence electrons. The van der Waals surface area contributed by atoms with Gasteiger partial charge >= 0.3 is 0 Å². The lowest BCUT2D eigenvalue weighted by molar-refractivity contribution is -0.127. The third-order valence-electron chi connectivity index (χ3n) is 3.59. The van der Waals surface area contributed by atoms with Gasteiger partial charge in [0.2, 0.25) is 5.91 Å². The van der Waals surface area contributed by atoms with Crippen LogP contribution in [0.3, 0.4) is 0 Å². The van der Waals surface area contributed by atoms with Crippen molar-refractivity contribution in [3.8, 4) is 0 Å². The van der Waals surface area contributed by atoms with Crippen molar-refractivity contribution in [3.63, 3.8) is 0 Å². The van der Waals surface area contributed by atoms with Crippen molar-refractivity contribution in [3.05, 3.63) is 39.8 Å². The number of likely N-dealkylation sites (N-methyl/N-ethyl adjacent to an activating group) is 1. The number of carbonyl (C=O) groups excluding carboxylic acids is 2. The molecule has 2 rings (SSSR count). The Morgan fingerprint density at radius 1 is 1.30 bits per heavy atom. The molecule has 1 heterocycles. The maximum Gasteiger partial charge on any atom is 0.272 e. The molecule has 0 atom stereocenters. The molecule has 0 saturated heterocycles. The van der Waals surface area contributed by atoms with Gasteiger partial charge in [0.05, 0.1) is 17.6 Å². The van der Waals surface area contributed by atoms with E-state index in [1.54, 1.807) is 43.8 Å². The molecule has 0 bridgehead atoms. The Morgan fingerprint density at radius 2 is 2.00 bits per heavy atom. The van der Waals surface area contributed by atoms with E-state index in [0.29, 0.717) is 28.8 Å². The topological polar surface area (TPSA) is 84.3 Å². The van der Waals surface area contributed by atoms with Gasteiger partial charge in [-0.25, -0.2) is 4.98 Å². The Labute approximate surface area is 133 Å². The molecule has 1 aromatic heterocycles. The van der Waals surface area contributed by atoms with Crippen LogP contribution in [-0.2, 0) is 11.3 Å². The van der Waals surface area contributed by atoms with Gasteiger partial charge in [-0.15, -0.1) is 0 Å². The predicted molar refractivity (Wildman–Crippen MR) is 87.4 cm³/mol. The van der Waals surface area contributed by atoms with E-state index in [2.05, 4.69) is 10.3 Å². The molecule has 2 aromatic rings. The number of nitrogens with zero attached hydrogens (tertiary/aromatic N) is 3. The fourth-order valence-electron chi connectivity index (χ4n) is 2.25. The fourth-order valence-corrected chi connectivity index (χ4v) is 2.25. The monoisotopic (exact) mass is 316 g/mol. The van der Waals surface area contributed by atoms with Crippen molar-refractivity contribution in [1.29, 1.82) is 0 Å². The van der Waals surface area contributed by atoms with Crippen LogP contribution in [0.1, 0.15) is 23.0 Å². The molecule has 23 heavy (non-hydrogen) atoms. The summed E-state index contributed by atoms with van der Waals surface area (Å²) < 4.78 is 1.62. The summed E-state index contributed by atoms with van der Waals surface area (Å²) in [5.74, 6) is -0.538. The maximum absolute atomic E-state index is 12.1. The van der Waals surface area contributed by atoms with Gasteiger partial charge in [-0.05, 0) is 32.0 Å². The molecule has 0 spiro atoms. The van der Waals surface area contributed by atoms with Crippen molar-refractivity contribution in [2.75, 3.05) is 20.6 Å². The molecule has 1 aromatic carbocycles. The van der Waals surface area contributed by atoms with Crippen LogP contribution in [0, 0.1) is 6.92 Å². The summed E-state index contributed by atoms with van der Waals surface area (Å²) in [5.41, 5.74) is 1.92. The quantitative estimate of drug-likeness (QED) is 0.892. The first-order valence-corrected chi connectivity index (χ1v) is 7.34. The highest BCUT2D eigenvalue weighted by molar-refractivity contribution is 5.98. The molecule has 2 amide bonds. The van der Waals surface area contributed by atoms with E-state index in [9.17, 15) is 14.4 Å². The molecular weight excluding hydrogens is 296 g/mol. The number of aromatic nitrogens is 2. The van der Waals surface area contributed by atoms with Gasteiger partial charge < -0.3 is 14.8 Å². The van der Waals surface area contributed by atoms with Gasteiger partial charge in [-0.1, -0.05) is 0 Å². The van der Waals surface area contributed by atoms with Crippen molar-refractivity contribution in [2.45, 2.75) is 20.4 Å². The van der Waals surface area contributed by atoms with Crippen LogP contribution in [0.5, 0.6) is 0 Å². The molecule has 1 N–H and O–H groups in total. The lowest BCUT2D eigenvalue weighted by atomic mass is 10.1. The van der Waals surface area contributed by atoms with Gasteiger partial charge in [0.1, 0.15) is 5.69 Å². The van der Waals surface area contributed by atoms with Gasteiger partial charge in [-0.2, -0.15) is 0 Å². The second kappa shape index (κ2) is 6.60. The van der Waals surface area contributed by atoms with Gasteiger partial charge in [0.15, 0.2) is 0 Å². The smallest absolute Gasteiger partial charge is 0.272 e. The molecule has 7 nitrogen and oxygen atoms in total. The minimum Gasteiger partial charge on any atom is -0.347 e. The van der Waals surface area contributed by atoms with Crippen molar-refractivity contribution in [1.82, 2.24) is 19.8 Å². The number of benzene rings is 1. The van der Waals surface area contributed by atoms with E-state index in [4.69, 9.17) is 0 Å². The van der Waals surface area contributed by atoms with E-state index in [0.717, 1.165) is 0 Å². The Balaban J connectivity index is 2.33. The Morgan fingerprint density at radius 3 is 2.61 bits per heavy atom. The zero-order valence-corrected chi connectivity index (χ0v) is 13.7. The number of rotatable bonds is 4. The van der Waals surface area contributed by atoms with Crippen LogP contribution in [0.15, 0.2) is 23.0 Å². The molecule has 0 unspecified atom stereocenters. The van der Waals surface area contributed by atoms with E-state index in [1.807, 2.05) is 6.92 Å². The molecular formula is C16H20N4O3. The van der Waals surface area contributed by atoms with E-state index >= 15 is 0 Å². The van der Waals surface area contributed by atoms with Crippen molar-refractivity contribution in [2.24, 2.45) is 0 Å². The molecule has 0 aliphatic carbocycles. The minimum absolute atomic E-state index is 0.0647. The number of hydrogen-bond donors (Lipinski definition) is 1. The number of aryl methyl sites for hydroxylation is 2. The Kier molecular flexibility index (Phi) is 4.78. The SMILES string of the molecule is CCn1c(=O)c(C)nc2cc(C(=O)NCC(=O)N(C)C)ccc21. The molecule has 0 saturated carbocycles. The summed E-state index contributed by atoms with van der Waals surface area (Å²) in [6.45, 7) is 4.00. The molecule has 0 fully saturated rings. The van der Waals surface area contributed by atoms with Crippen LogP contribution in [0.4, 0.5) is 0 Å². The summed E-state index contributed by atoms with van der Waals surface area (Å²) in [5, 5.41) is 2.57. The van der Waals surface area contributed by atoms with Crippen molar-refractivity contribution >= 4 is 22.8 Å². The zero-order chi connectivity index (χ0) is 17.1. The van der Waals surface area contributed by atoms with Crippen LogP contribution in [-0.4, -0.2) is 46.9 Å². The second-order valence-corrected chi connectivity index (χ2v) is 5.42. The minimum atomic E-state index is -0.351. The first kappa shape index (κ1) is 16.7. The summed E-state index contributed by atoms with van der Waals surface area (Å²) in [4.78, 5) is 41.4. The third-order valence-corrected chi connectivity index (χ3v) is 3.59. The van der Waals surface area contributed by atoms with Gasteiger partial charge in [0.25, 0.3) is 11.5 Å². The van der Waals surface area contributed by atoms with Crippen LogP contribution in [0.2, 0.25) is 0 Å². The summed E-state index contributed by atoms with van der Waals surface area (Å²) in [6, 6.07) is 4.96. The summed E-state index contributed by atoms with van der Waals surface area (Å²) in [6.07, 6.45) is 0. The lowest BCUT2D eigenvalue weighted by Crippen LogP contribution is -2.36. The fraction of sp³-hybridized carbons (Fsp3) is 0.375. The number of fused-ring (bicyclic) bond motifs is 1. The average molecular weight is 316 g/mol. The van der Waals surface area contributed by atoms with Gasteiger partial charge in [0, 0.05) is 26.2 Å². The Bertz CT molecular complexity index is 824. The standard InChI is InChI=1S/C16H20N4O3/c1-5-20-13-7-6-11(8-12(13)18-10(2)16(20)23)15(22)17-9-14(21)19(3)4/h6-8H,5,9H2,1-4H3,(H,17,22). The normalized spacial score (nSPS) is 10.6. The molecule has 7 heteroatoms. The second-order valence-electron chi connectivity index (χ2n) is 5.42. The number of carbonyl (C=O) groups is 2. The van der Waals surface area contributed by atoms with E-state index in [1.165, 1.54) is 4.90 Å². The summed E-state index contributed by atoms with van der Waals surface area (Å²) >= 11 is 0. The zero-order valence-electron chi connectivity index (χ0n) is 13.7. The average Bonchev–Trinajstić information content (AvgIpc) is 2.52. The molecule has 0 aliphatic rings. The highest BCUT2D eigenvalue weighted by atomic mass is 16.2. The molecule has 0 aliphatic heterocycles. The van der Waals surface area contributed by atoms with Crippen molar-refractivity contribution < 1.29 is 9.59 Å². The third kappa shape index (κ3) is 3.39. The highest BCUT2D eigenvalue weighted by Crippen LogP contribution is 2.13. The first-order chi connectivity index (χ1) is 10.8. The van der Waals surface area contributed by atoms with Crippen LogP contribution in [0.25, 0.3) is 11.0 Å². The first-order valence-electron chi connectivity index (χ1n) is 7.34. The van der Waals surface area contributed by atoms with Gasteiger partial charge in [-0.3, -0.25) is 14.4 Å². The maximum atomic E-state index is 12.1. The number of amides is 2. The largest absolute Gasteiger partial charge is 0.347 e. The predicted octanol–water partition coefficient (Wildman–Crippen LogP) is 0.543. The summed E-state index contributed by atoms with van der Waals surface area (Å²) in [7, 11) is 3.25. The Hall–Kier alpha value is -2.70. The van der Waals surface area contributed by atoms with Crippen LogP contribution >= 0.6 is 0 Å². The van der Waals surface area contributed by atoms with Crippen LogP contribution < -0.4 is 10.9 Å². The lowest BCUT2D eigenvalue weighted by Gasteiger charge is -2.12. The van der Waals surface area contributed by atoms with E-state index in [-0.39, 0.29) is 23.9 Å². The highest BCUT2D eigenvalue weighted by Gasteiger charge is 2.12. The molecule has 0 radical (unpaired) electrons. The number of hydrogen-bond acceptors (Lipinski definition) is 4.